The van der Waals surface area contributed by atoms with Gasteiger partial charge in [-0.25, -0.2) is 4.79 Å². The fourth-order valence-electron chi connectivity index (χ4n) is 0.874. The molecule has 0 amide bonds. The Morgan fingerprint density at radius 1 is 0.950 bits per heavy atom. The summed E-state index contributed by atoms with van der Waals surface area (Å²) >= 11 is 0. The molecule has 0 aromatic rings. The number of esters is 1. The Balaban J connectivity index is 4.98. The van der Waals surface area contributed by atoms with Crippen LogP contribution < -0.4 is 0 Å². The van der Waals surface area contributed by atoms with E-state index in [0.29, 0.717) is 0 Å². The molecule has 0 aromatic heterocycles. The van der Waals surface area contributed by atoms with Crippen LogP contribution in [0.25, 0.3) is 0 Å². The standard InChI is InChI=1S/C15H24O4Si/c1-14(2,3)19-13(18)12(17)11(16)9-10-20(7,8)15(4,5)6/h1-8H3. The second-order valence-electron chi connectivity index (χ2n) is 7.29. The Morgan fingerprint density at radius 3 is 1.75 bits per heavy atom. The van der Waals surface area contributed by atoms with Crippen molar-refractivity contribution in [2.24, 2.45) is 0 Å². The molecule has 5 heteroatoms. The van der Waals surface area contributed by atoms with Crippen LogP contribution in [0.2, 0.25) is 18.1 Å². The Morgan fingerprint density at radius 2 is 1.40 bits per heavy atom. The van der Waals surface area contributed by atoms with E-state index in [4.69, 9.17) is 4.74 Å². The van der Waals surface area contributed by atoms with E-state index < -0.39 is 31.2 Å². The molecule has 0 rings (SSSR count). The topological polar surface area (TPSA) is 60.4 Å². The lowest BCUT2D eigenvalue weighted by atomic mass is 10.2. The van der Waals surface area contributed by atoms with E-state index in [-0.39, 0.29) is 5.04 Å². The van der Waals surface area contributed by atoms with Gasteiger partial charge < -0.3 is 4.74 Å². The van der Waals surface area contributed by atoms with Gasteiger partial charge in [-0.05, 0) is 31.7 Å². The Bertz CT molecular complexity index is 479. The Labute approximate surface area is 122 Å². The van der Waals surface area contributed by atoms with Gasteiger partial charge in [0.2, 0.25) is 0 Å². The molecule has 0 heterocycles. The average molecular weight is 296 g/mol. The molecule has 0 atom stereocenters. The van der Waals surface area contributed by atoms with Crippen LogP contribution in [0.5, 0.6) is 0 Å². The number of ether oxygens (including phenoxy) is 1. The number of hydrogen-bond acceptors (Lipinski definition) is 4. The molecule has 0 bridgehead atoms. The van der Waals surface area contributed by atoms with Crippen LogP contribution in [0, 0.1) is 11.5 Å². The smallest absolute Gasteiger partial charge is 0.384 e. The van der Waals surface area contributed by atoms with Crippen LogP contribution in [0.1, 0.15) is 41.5 Å². The summed E-state index contributed by atoms with van der Waals surface area (Å²) in [5, 5.41) is -0.0186. The van der Waals surface area contributed by atoms with E-state index in [1.54, 1.807) is 20.8 Å². The zero-order valence-corrected chi connectivity index (χ0v) is 14.6. The third-order valence-electron chi connectivity index (χ3n) is 3.15. The molecular formula is C15H24O4Si. The minimum absolute atomic E-state index is 0.0186. The number of carbonyl (C=O) groups excluding carboxylic acids is 3. The highest BCUT2D eigenvalue weighted by Gasteiger charge is 2.34. The van der Waals surface area contributed by atoms with Crippen LogP contribution in [0.3, 0.4) is 0 Å². The van der Waals surface area contributed by atoms with Crippen molar-refractivity contribution in [2.45, 2.75) is 65.3 Å². The third kappa shape index (κ3) is 5.70. The maximum absolute atomic E-state index is 11.6. The molecule has 0 aromatic carbocycles. The SMILES string of the molecule is CC(C)(C)OC(=O)C(=O)C(=O)C#C[Si](C)(C)C(C)(C)C. The maximum Gasteiger partial charge on any atom is 0.384 e. The first kappa shape index (κ1) is 18.6. The predicted molar refractivity (Wildman–Crippen MR) is 80.8 cm³/mol. The summed E-state index contributed by atoms with van der Waals surface area (Å²) in [6, 6.07) is 0. The maximum atomic E-state index is 11.6. The minimum atomic E-state index is -1.98. The van der Waals surface area contributed by atoms with Gasteiger partial charge in [-0.15, -0.1) is 5.54 Å². The highest BCUT2D eigenvalue weighted by molar-refractivity contribution is 6.88. The Hall–Kier alpha value is -1.41. The fourth-order valence-corrected chi connectivity index (χ4v) is 1.68. The lowest BCUT2D eigenvalue weighted by Crippen LogP contribution is -2.36. The van der Waals surface area contributed by atoms with E-state index in [0.717, 1.165) is 0 Å². The van der Waals surface area contributed by atoms with E-state index in [9.17, 15) is 14.4 Å². The Kier molecular flexibility index (Phi) is 5.50. The van der Waals surface area contributed by atoms with Gasteiger partial charge in [0, 0.05) is 0 Å². The molecule has 0 aliphatic rings. The van der Waals surface area contributed by atoms with Crippen molar-refractivity contribution < 1.29 is 19.1 Å². The molecule has 112 valence electrons. The molecule has 0 radical (unpaired) electrons. The lowest BCUT2D eigenvalue weighted by molar-refractivity contribution is -0.163. The molecule has 0 N–H and O–H groups in total. The number of hydrogen-bond donors (Lipinski definition) is 0. The summed E-state index contributed by atoms with van der Waals surface area (Å²) in [6.45, 7) is 15.1. The first-order valence-corrected chi connectivity index (χ1v) is 9.52. The van der Waals surface area contributed by atoms with E-state index in [1.807, 2.05) is 33.9 Å². The quantitative estimate of drug-likeness (QED) is 0.258. The van der Waals surface area contributed by atoms with E-state index in [1.165, 1.54) is 0 Å². The summed E-state index contributed by atoms with van der Waals surface area (Å²) in [4.78, 5) is 34.7. The van der Waals surface area contributed by atoms with Gasteiger partial charge in [-0.1, -0.05) is 33.9 Å². The van der Waals surface area contributed by atoms with Crippen molar-refractivity contribution in [1.29, 1.82) is 0 Å². The molecule has 0 saturated carbocycles. The zero-order valence-electron chi connectivity index (χ0n) is 13.6. The van der Waals surface area contributed by atoms with Gasteiger partial charge in [0.1, 0.15) is 13.7 Å². The minimum Gasteiger partial charge on any atom is -0.454 e. The van der Waals surface area contributed by atoms with Gasteiger partial charge in [0.25, 0.3) is 5.78 Å². The second-order valence-corrected chi connectivity index (χ2v) is 12.3. The molecule has 0 aliphatic carbocycles. The lowest BCUT2D eigenvalue weighted by Gasteiger charge is -2.31. The van der Waals surface area contributed by atoms with Crippen molar-refractivity contribution >= 4 is 25.6 Å². The van der Waals surface area contributed by atoms with E-state index in [2.05, 4.69) is 11.5 Å². The third-order valence-corrected chi connectivity index (χ3v) is 7.65. The molecule has 4 nitrogen and oxygen atoms in total. The zero-order chi connectivity index (χ0) is 16.4. The molecular weight excluding hydrogens is 272 g/mol. The summed E-state index contributed by atoms with van der Waals surface area (Å²) in [7, 11) is -1.98. The number of ketones is 2. The average Bonchev–Trinajstić information content (AvgIpc) is 2.20. The van der Waals surface area contributed by atoms with Crippen LogP contribution in [-0.4, -0.2) is 31.2 Å². The highest BCUT2D eigenvalue weighted by Crippen LogP contribution is 2.35. The highest BCUT2D eigenvalue weighted by atomic mass is 28.3. The molecule has 0 spiro atoms. The van der Waals surface area contributed by atoms with Gasteiger partial charge in [0.05, 0.1) is 0 Å². The number of rotatable bonds is 2. The fraction of sp³-hybridized carbons (Fsp3) is 0.667. The summed E-state index contributed by atoms with van der Waals surface area (Å²) in [5.41, 5.74) is 2.10. The van der Waals surface area contributed by atoms with Crippen molar-refractivity contribution in [2.75, 3.05) is 0 Å². The molecule has 0 saturated heterocycles. The molecule has 20 heavy (non-hydrogen) atoms. The summed E-state index contributed by atoms with van der Waals surface area (Å²) < 4.78 is 4.85. The largest absolute Gasteiger partial charge is 0.454 e. The van der Waals surface area contributed by atoms with Crippen molar-refractivity contribution in [3.05, 3.63) is 0 Å². The second kappa shape index (κ2) is 5.92. The number of carbonyl (C=O) groups is 3. The summed E-state index contributed by atoms with van der Waals surface area (Å²) in [5.74, 6) is -1.03. The first-order chi connectivity index (χ1) is 8.67. The number of Topliss-reactive ketones (excluding diaryl/α,β-unsaturated/α-hetero) is 2. The van der Waals surface area contributed by atoms with Crippen LogP contribution >= 0.6 is 0 Å². The van der Waals surface area contributed by atoms with E-state index >= 15 is 0 Å². The van der Waals surface area contributed by atoms with Crippen LogP contribution in [0.4, 0.5) is 0 Å². The monoisotopic (exact) mass is 296 g/mol. The van der Waals surface area contributed by atoms with Crippen molar-refractivity contribution in [1.82, 2.24) is 0 Å². The van der Waals surface area contributed by atoms with Gasteiger partial charge in [0.15, 0.2) is 0 Å². The van der Waals surface area contributed by atoms with Gasteiger partial charge in [-0.3, -0.25) is 9.59 Å². The normalized spacial score (nSPS) is 12.2. The summed E-state index contributed by atoms with van der Waals surface area (Å²) in [6.07, 6.45) is 0. The van der Waals surface area contributed by atoms with Crippen LogP contribution in [-0.2, 0) is 19.1 Å². The molecule has 0 fully saturated rings. The molecule has 0 unspecified atom stereocenters. The first-order valence-electron chi connectivity index (χ1n) is 6.52. The molecule has 0 aliphatic heterocycles. The predicted octanol–water partition coefficient (Wildman–Crippen LogP) is 2.52. The van der Waals surface area contributed by atoms with Crippen molar-refractivity contribution in [3.63, 3.8) is 0 Å². The van der Waals surface area contributed by atoms with Crippen molar-refractivity contribution in [3.8, 4) is 11.5 Å². The van der Waals surface area contributed by atoms with Gasteiger partial charge in [-0.2, -0.15) is 0 Å². The van der Waals surface area contributed by atoms with Gasteiger partial charge >= 0.3 is 11.8 Å². The van der Waals surface area contributed by atoms with Crippen LogP contribution in [0.15, 0.2) is 0 Å².